The molecule has 1 rings (SSSR count). The summed E-state index contributed by atoms with van der Waals surface area (Å²) in [6.45, 7) is 9.47. The van der Waals surface area contributed by atoms with Crippen LogP contribution in [-0.2, 0) is 0 Å². The van der Waals surface area contributed by atoms with Crippen LogP contribution in [0.3, 0.4) is 0 Å². The molecule has 1 nitrogen and oxygen atoms in total. The monoisotopic (exact) mass is 155 g/mol. The maximum absolute atomic E-state index is 3.49. The van der Waals surface area contributed by atoms with Gasteiger partial charge in [0.1, 0.15) is 0 Å². The van der Waals surface area contributed by atoms with Gasteiger partial charge in [0.2, 0.25) is 0 Å². The zero-order valence-electron chi connectivity index (χ0n) is 8.06. The van der Waals surface area contributed by atoms with E-state index in [1.54, 1.807) is 0 Å². The van der Waals surface area contributed by atoms with E-state index >= 15 is 0 Å². The van der Waals surface area contributed by atoms with E-state index in [9.17, 15) is 0 Å². The highest BCUT2D eigenvalue weighted by Crippen LogP contribution is 2.21. The molecule has 66 valence electrons. The van der Waals surface area contributed by atoms with E-state index in [-0.39, 0.29) is 0 Å². The van der Waals surface area contributed by atoms with Gasteiger partial charge in [-0.15, -0.1) is 0 Å². The van der Waals surface area contributed by atoms with Gasteiger partial charge in [0.25, 0.3) is 0 Å². The molecule has 0 aromatic heterocycles. The Balaban J connectivity index is 2.23. The fourth-order valence-corrected chi connectivity index (χ4v) is 2.12. The molecule has 0 radical (unpaired) electrons. The zero-order chi connectivity index (χ0) is 8.27. The Labute approximate surface area is 70.6 Å². The Hall–Kier alpha value is -0.0400. The van der Waals surface area contributed by atoms with Crippen molar-refractivity contribution >= 4 is 0 Å². The van der Waals surface area contributed by atoms with Gasteiger partial charge >= 0.3 is 0 Å². The fourth-order valence-electron chi connectivity index (χ4n) is 2.12. The van der Waals surface area contributed by atoms with Crippen molar-refractivity contribution in [3.8, 4) is 0 Å². The van der Waals surface area contributed by atoms with Crippen molar-refractivity contribution in [2.45, 2.75) is 33.6 Å². The second-order valence-electron chi connectivity index (χ2n) is 4.49. The van der Waals surface area contributed by atoms with Gasteiger partial charge in [-0.25, -0.2) is 0 Å². The highest BCUT2D eigenvalue weighted by molar-refractivity contribution is 4.74. The largest absolute Gasteiger partial charge is 0.316 e. The Kier molecular flexibility index (Phi) is 3.38. The third kappa shape index (κ3) is 3.24. The molecule has 1 heterocycles. The lowest BCUT2D eigenvalue weighted by atomic mass is 9.86. The van der Waals surface area contributed by atoms with Crippen molar-refractivity contribution in [1.82, 2.24) is 5.32 Å². The molecule has 1 fully saturated rings. The number of piperidine rings is 1. The summed E-state index contributed by atoms with van der Waals surface area (Å²) in [6, 6.07) is 0. The lowest BCUT2D eigenvalue weighted by Crippen LogP contribution is -2.35. The smallest absolute Gasteiger partial charge is 0.00202 e. The predicted octanol–water partition coefficient (Wildman–Crippen LogP) is 2.28. The van der Waals surface area contributed by atoms with Gasteiger partial charge in [-0.3, -0.25) is 0 Å². The third-order valence-corrected chi connectivity index (χ3v) is 2.47. The molecule has 1 saturated heterocycles. The quantitative estimate of drug-likeness (QED) is 0.645. The van der Waals surface area contributed by atoms with Crippen LogP contribution in [0.5, 0.6) is 0 Å². The lowest BCUT2D eigenvalue weighted by Gasteiger charge is -2.28. The second-order valence-corrected chi connectivity index (χ2v) is 4.49. The van der Waals surface area contributed by atoms with Crippen molar-refractivity contribution in [1.29, 1.82) is 0 Å². The highest BCUT2D eigenvalue weighted by Gasteiger charge is 2.18. The van der Waals surface area contributed by atoms with E-state index in [2.05, 4.69) is 26.1 Å². The maximum Gasteiger partial charge on any atom is -0.00202 e. The van der Waals surface area contributed by atoms with Crippen LogP contribution in [0.2, 0.25) is 0 Å². The van der Waals surface area contributed by atoms with E-state index in [0.717, 1.165) is 17.8 Å². The van der Waals surface area contributed by atoms with Crippen LogP contribution in [0.4, 0.5) is 0 Å². The van der Waals surface area contributed by atoms with Crippen LogP contribution >= 0.6 is 0 Å². The molecule has 0 aliphatic carbocycles. The summed E-state index contributed by atoms with van der Waals surface area (Å²) in [7, 11) is 0. The van der Waals surface area contributed by atoms with Crippen molar-refractivity contribution in [3.63, 3.8) is 0 Å². The van der Waals surface area contributed by atoms with Gasteiger partial charge in [0, 0.05) is 0 Å². The van der Waals surface area contributed by atoms with E-state index in [0.29, 0.717) is 0 Å². The van der Waals surface area contributed by atoms with E-state index in [1.165, 1.54) is 25.9 Å². The first kappa shape index (κ1) is 9.05. The Morgan fingerprint density at radius 3 is 2.64 bits per heavy atom. The SMILES string of the molecule is CC(C)CC1CNCC(C)C1. The average molecular weight is 155 g/mol. The molecular weight excluding hydrogens is 134 g/mol. The molecule has 1 aliphatic heterocycles. The average Bonchev–Trinajstić information content (AvgIpc) is 1.85. The first-order chi connectivity index (χ1) is 5.18. The molecule has 11 heavy (non-hydrogen) atoms. The van der Waals surface area contributed by atoms with Gasteiger partial charge in [-0.05, 0) is 43.7 Å². The minimum absolute atomic E-state index is 0.868. The molecule has 0 aromatic rings. The Morgan fingerprint density at radius 2 is 2.09 bits per heavy atom. The fraction of sp³-hybridized carbons (Fsp3) is 1.00. The molecule has 1 heteroatoms. The molecule has 0 saturated carbocycles. The van der Waals surface area contributed by atoms with Crippen LogP contribution in [0.25, 0.3) is 0 Å². The van der Waals surface area contributed by atoms with Crippen LogP contribution in [0.1, 0.15) is 33.6 Å². The first-order valence-electron chi connectivity index (χ1n) is 4.89. The Morgan fingerprint density at radius 1 is 1.36 bits per heavy atom. The first-order valence-corrected chi connectivity index (χ1v) is 4.89. The number of nitrogens with one attached hydrogen (secondary N) is 1. The second kappa shape index (κ2) is 4.10. The van der Waals surface area contributed by atoms with Crippen molar-refractivity contribution in [2.24, 2.45) is 17.8 Å². The highest BCUT2D eigenvalue weighted by atomic mass is 14.9. The van der Waals surface area contributed by atoms with Crippen LogP contribution in [0, 0.1) is 17.8 Å². The summed E-state index contributed by atoms with van der Waals surface area (Å²) in [4.78, 5) is 0. The summed E-state index contributed by atoms with van der Waals surface area (Å²) in [5.41, 5.74) is 0. The molecule has 0 aromatic carbocycles. The molecule has 0 amide bonds. The maximum atomic E-state index is 3.49. The normalized spacial score (nSPS) is 32.7. The molecule has 1 N–H and O–H groups in total. The summed E-state index contributed by atoms with van der Waals surface area (Å²) < 4.78 is 0. The molecule has 0 spiro atoms. The molecule has 2 unspecified atom stereocenters. The predicted molar refractivity (Wildman–Crippen MR) is 49.6 cm³/mol. The number of hydrogen-bond acceptors (Lipinski definition) is 1. The van der Waals surface area contributed by atoms with Crippen LogP contribution < -0.4 is 5.32 Å². The summed E-state index contributed by atoms with van der Waals surface area (Å²) >= 11 is 0. The van der Waals surface area contributed by atoms with Crippen LogP contribution in [0.15, 0.2) is 0 Å². The van der Waals surface area contributed by atoms with Crippen molar-refractivity contribution < 1.29 is 0 Å². The molecule has 0 bridgehead atoms. The van der Waals surface area contributed by atoms with Gasteiger partial charge in [-0.2, -0.15) is 0 Å². The number of hydrogen-bond donors (Lipinski definition) is 1. The third-order valence-electron chi connectivity index (χ3n) is 2.47. The zero-order valence-corrected chi connectivity index (χ0v) is 8.06. The topological polar surface area (TPSA) is 12.0 Å². The number of rotatable bonds is 2. The molecular formula is C10H21N. The summed E-state index contributed by atoms with van der Waals surface area (Å²) in [5.74, 6) is 2.71. The molecule has 1 aliphatic rings. The minimum Gasteiger partial charge on any atom is -0.316 e. The molecule has 2 atom stereocenters. The van der Waals surface area contributed by atoms with E-state index < -0.39 is 0 Å². The van der Waals surface area contributed by atoms with Gasteiger partial charge in [0.15, 0.2) is 0 Å². The van der Waals surface area contributed by atoms with Gasteiger partial charge in [0.05, 0.1) is 0 Å². The Bertz CT molecular complexity index is 107. The van der Waals surface area contributed by atoms with Crippen molar-refractivity contribution in [2.75, 3.05) is 13.1 Å². The standard InChI is InChI=1S/C10H21N/c1-8(2)4-10-5-9(3)6-11-7-10/h8-11H,4-7H2,1-3H3. The van der Waals surface area contributed by atoms with E-state index in [4.69, 9.17) is 0 Å². The summed E-state index contributed by atoms with van der Waals surface area (Å²) in [6.07, 6.45) is 2.84. The van der Waals surface area contributed by atoms with Gasteiger partial charge < -0.3 is 5.32 Å². The van der Waals surface area contributed by atoms with Gasteiger partial charge in [-0.1, -0.05) is 20.8 Å². The van der Waals surface area contributed by atoms with E-state index in [1.807, 2.05) is 0 Å². The lowest BCUT2D eigenvalue weighted by molar-refractivity contribution is 0.266. The summed E-state index contributed by atoms with van der Waals surface area (Å²) in [5, 5.41) is 3.49. The van der Waals surface area contributed by atoms with Crippen LogP contribution in [-0.4, -0.2) is 13.1 Å². The van der Waals surface area contributed by atoms with Crippen molar-refractivity contribution in [3.05, 3.63) is 0 Å². The minimum atomic E-state index is 0.868.